The van der Waals surface area contributed by atoms with Gasteiger partial charge in [0.2, 0.25) is 0 Å². The number of aromatic nitrogens is 1. The SMILES string of the molecule is NCCNC[C@@H](O)c1cc(-c2ccc(C(F)(F)F)cc2)nc(C(F)(F)F)c1. The van der Waals surface area contributed by atoms with Gasteiger partial charge in [-0.05, 0) is 29.8 Å². The molecule has 4 nitrogen and oxygen atoms in total. The highest BCUT2D eigenvalue weighted by Crippen LogP contribution is 2.34. The zero-order chi connectivity index (χ0) is 20.2. The Labute approximate surface area is 151 Å². The summed E-state index contributed by atoms with van der Waals surface area (Å²) in [4.78, 5) is 3.49. The van der Waals surface area contributed by atoms with E-state index in [0.717, 1.165) is 24.3 Å². The van der Waals surface area contributed by atoms with E-state index in [1.54, 1.807) is 0 Å². The lowest BCUT2D eigenvalue weighted by molar-refractivity contribution is -0.141. The lowest BCUT2D eigenvalue weighted by Crippen LogP contribution is -2.27. The third-order valence-corrected chi connectivity index (χ3v) is 3.69. The van der Waals surface area contributed by atoms with Gasteiger partial charge in [-0.1, -0.05) is 12.1 Å². The molecule has 2 rings (SSSR count). The van der Waals surface area contributed by atoms with Crippen LogP contribution in [-0.2, 0) is 12.4 Å². The van der Waals surface area contributed by atoms with Crippen LogP contribution in [0, 0.1) is 0 Å². The maximum Gasteiger partial charge on any atom is 0.433 e. The molecule has 2 aromatic rings. The largest absolute Gasteiger partial charge is 0.433 e. The van der Waals surface area contributed by atoms with Crippen LogP contribution in [-0.4, -0.2) is 29.7 Å². The highest BCUT2D eigenvalue weighted by molar-refractivity contribution is 5.61. The third kappa shape index (κ3) is 5.65. The van der Waals surface area contributed by atoms with Gasteiger partial charge >= 0.3 is 12.4 Å². The molecule has 0 saturated heterocycles. The minimum absolute atomic E-state index is 0.0367. The number of nitrogens with one attached hydrogen (secondary N) is 1. The van der Waals surface area contributed by atoms with Crippen LogP contribution in [0.3, 0.4) is 0 Å². The van der Waals surface area contributed by atoms with Crippen molar-refractivity contribution in [2.45, 2.75) is 18.5 Å². The van der Waals surface area contributed by atoms with Gasteiger partial charge in [0.15, 0.2) is 0 Å². The van der Waals surface area contributed by atoms with Crippen LogP contribution in [0.2, 0.25) is 0 Å². The molecule has 0 aliphatic carbocycles. The van der Waals surface area contributed by atoms with E-state index in [0.29, 0.717) is 12.6 Å². The average molecular weight is 393 g/mol. The summed E-state index contributed by atoms with van der Waals surface area (Å²) in [5.74, 6) is 0. The zero-order valence-electron chi connectivity index (χ0n) is 13.9. The molecule has 4 N–H and O–H groups in total. The summed E-state index contributed by atoms with van der Waals surface area (Å²) in [5.41, 5.74) is 2.95. The Morgan fingerprint density at radius 2 is 1.63 bits per heavy atom. The van der Waals surface area contributed by atoms with E-state index in [9.17, 15) is 31.4 Å². The molecule has 0 spiro atoms. The second-order valence-electron chi connectivity index (χ2n) is 5.75. The van der Waals surface area contributed by atoms with Crippen molar-refractivity contribution in [3.05, 3.63) is 53.2 Å². The first-order valence-electron chi connectivity index (χ1n) is 7.88. The summed E-state index contributed by atoms with van der Waals surface area (Å²) in [6.45, 7) is 0.610. The molecule has 0 radical (unpaired) electrons. The Morgan fingerprint density at radius 1 is 1.00 bits per heavy atom. The number of nitrogens with zero attached hydrogens (tertiary/aromatic N) is 1. The second-order valence-corrected chi connectivity index (χ2v) is 5.75. The van der Waals surface area contributed by atoms with Crippen molar-refractivity contribution >= 4 is 0 Å². The highest BCUT2D eigenvalue weighted by atomic mass is 19.4. The molecule has 1 aromatic carbocycles. The molecule has 0 bridgehead atoms. The molecule has 0 aliphatic heterocycles. The minimum atomic E-state index is -4.78. The van der Waals surface area contributed by atoms with Crippen LogP contribution in [0.1, 0.15) is 22.9 Å². The van der Waals surface area contributed by atoms with Crippen LogP contribution >= 0.6 is 0 Å². The first-order valence-corrected chi connectivity index (χ1v) is 7.88. The van der Waals surface area contributed by atoms with Crippen molar-refractivity contribution in [3.63, 3.8) is 0 Å². The number of benzene rings is 1. The average Bonchev–Trinajstić information content (AvgIpc) is 2.60. The van der Waals surface area contributed by atoms with Gasteiger partial charge in [-0.25, -0.2) is 4.98 Å². The maximum absolute atomic E-state index is 13.1. The molecule has 0 saturated carbocycles. The van der Waals surface area contributed by atoms with E-state index >= 15 is 0 Å². The van der Waals surface area contributed by atoms with Gasteiger partial charge in [0.05, 0.1) is 17.4 Å². The highest BCUT2D eigenvalue weighted by Gasteiger charge is 2.34. The monoisotopic (exact) mass is 393 g/mol. The van der Waals surface area contributed by atoms with Crippen LogP contribution in [0.5, 0.6) is 0 Å². The van der Waals surface area contributed by atoms with E-state index in [1.165, 1.54) is 6.07 Å². The third-order valence-electron chi connectivity index (χ3n) is 3.69. The van der Waals surface area contributed by atoms with E-state index in [4.69, 9.17) is 5.73 Å². The van der Waals surface area contributed by atoms with Crippen molar-refractivity contribution in [1.29, 1.82) is 0 Å². The molecule has 148 valence electrons. The van der Waals surface area contributed by atoms with E-state index in [1.807, 2.05) is 0 Å². The van der Waals surface area contributed by atoms with E-state index < -0.39 is 29.7 Å². The lowest BCUT2D eigenvalue weighted by atomic mass is 10.0. The Bertz CT molecular complexity index is 759. The summed E-state index contributed by atoms with van der Waals surface area (Å²) in [6.07, 6.45) is -10.6. The van der Waals surface area contributed by atoms with Crippen molar-refractivity contribution < 1.29 is 31.4 Å². The quantitative estimate of drug-likeness (QED) is 0.520. The maximum atomic E-state index is 13.1. The summed E-state index contributed by atoms with van der Waals surface area (Å²) >= 11 is 0. The van der Waals surface area contributed by atoms with Gasteiger partial charge in [-0.15, -0.1) is 0 Å². The topological polar surface area (TPSA) is 71.2 Å². The number of hydrogen-bond acceptors (Lipinski definition) is 4. The number of alkyl halides is 6. The van der Waals surface area contributed by atoms with E-state index in [-0.39, 0.29) is 29.9 Å². The van der Waals surface area contributed by atoms with Gasteiger partial charge < -0.3 is 16.2 Å². The second kappa shape index (κ2) is 8.24. The van der Waals surface area contributed by atoms with Crippen molar-refractivity contribution in [2.24, 2.45) is 5.73 Å². The molecule has 0 unspecified atom stereocenters. The molecule has 27 heavy (non-hydrogen) atoms. The molecular formula is C17H17F6N3O. The fourth-order valence-electron chi connectivity index (χ4n) is 2.33. The summed E-state index contributed by atoms with van der Waals surface area (Å²) in [7, 11) is 0. The number of rotatable bonds is 6. The number of pyridine rings is 1. The predicted molar refractivity (Wildman–Crippen MR) is 86.6 cm³/mol. The smallest absolute Gasteiger partial charge is 0.387 e. The molecule has 10 heteroatoms. The van der Waals surface area contributed by atoms with Crippen LogP contribution in [0.15, 0.2) is 36.4 Å². The van der Waals surface area contributed by atoms with Gasteiger partial charge in [-0.2, -0.15) is 26.3 Å². The van der Waals surface area contributed by atoms with Crippen molar-refractivity contribution in [1.82, 2.24) is 10.3 Å². The van der Waals surface area contributed by atoms with Gasteiger partial charge in [0.1, 0.15) is 5.69 Å². The van der Waals surface area contributed by atoms with E-state index in [2.05, 4.69) is 10.3 Å². The van der Waals surface area contributed by atoms with Crippen LogP contribution in [0.4, 0.5) is 26.3 Å². The van der Waals surface area contributed by atoms with Crippen molar-refractivity contribution in [2.75, 3.05) is 19.6 Å². The summed E-state index contributed by atoms with van der Waals surface area (Å²) in [6, 6.07) is 5.52. The Balaban J connectivity index is 2.41. The molecule has 1 heterocycles. The fourth-order valence-corrected chi connectivity index (χ4v) is 2.33. The lowest BCUT2D eigenvalue weighted by Gasteiger charge is -2.16. The molecule has 0 aliphatic rings. The number of aliphatic hydroxyl groups is 1. The van der Waals surface area contributed by atoms with Gasteiger partial charge in [0, 0.05) is 25.2 Å². The number of halogens is 6. The van der Waals surface area contributed by atoms with Crippen molar-refractivity contribution in [3.8, 4) is 11.3 Å². The number of aliphatic hydroxyl groups excluding tert-OH is 1. The van der Waals surface area contributed by atoms with Gasteiger partial charge in [0.25, 0.3) is 0 Å². The zero-order valence-corrected chi connectivity index (χ0v) is 13.9. The molecule has 0 fully saturated rings. The predicted octanol–water partition coefficient (Wildman–Crippen LogP) is 3.37. The van der Waals surface area contributed by atoms with Gasteiger partial charge in [-0.3, -0.25) is 0 Å². The van der Waals surface area contributed by atoms with Crippen LogP contribution in [0.25, 0.3) is 11.3 Å². The standard InChI is InChI=1S/C17H17F6N3O/c18-16(19,20)12-3-1-10(2-4-12)13-7-11(14(27)9-25-6-5-24)8-15(26-13)17(21,22)23/h1-4,7-8,14,25,27H,5-6,9,24H2/t14-/m1/s1. The number of nitrogens with two attached hydrogens (primary N) is 1. The molecule has 1 atom stereocenters. The fraction of sp³-hybridized carbons (Fsp3) is 0.353. The Hall–Kier alpha value is -2.17. The molecule has 0 amide bonds. The first kappa shape index (κ1) is 21.1. The summed E-state index contributed by atoms with van der Waals surface area (Å²) in [5, 5.41) is 12.9. The molecular weight excluding hydrogens is 376 g/mol. The normalized spacial score (nSPS) is 13.6. The van der Waals surface area contributed by atoms with Crippen LogP contribution < -0.4 is 11.1 Å². The minimum Gasteiger partial charge on any atom is -0.387 e. The summed E-state index contributed by atoms with van der Waals surface area (Å²) < 4.78 is 77.3. The number of hydrogen-bond donors (Lipinski definition) is 3. The Kier molecular flexibility index (Phi) is 6.45. The Morgan fingerprint density at radius 3 is 2.15 bits per heavy atom. The first-order chi connectivity index (χ1) is 12.5. The molecule has 1 aromatic heterocycles.